The van der Waals surface area contributed by atoms with Crippen LogP contribution in [0.2, 0.25) is 0 Å². The fourth-order valence-corrected chi connectivity index (χ4v) is 1.97. The monoisotopic (exact) mass is 639 g/mol. The molecule has 0 fully saturated rings. The number of pyridine rings is 3. The highest BCUT2D eigenvalue weighted by molar-refractivity contribution is 8.26. The molecule has 2 N–H and O–H groups in total. The van der Waals surface area contributed by atoms with Crippen LogP contribution in [0.3, 0.4) is 0 Å². The Hall–Kier alpha value is -2.55. The highest BCUT2D eigenvalue weighted by atomic mass is 36.0. The van der Waals surface area contributed by atoms with E-state index in [-0.39, 0.29) is 18.0 Å². The van der Waals surface area contributed by atoms with Gasteiger partial charge in [0.1, 0.15) is 17.5 Å². The number of carbonyl (C=O) groups is 2. The Labute approximate surface area is 237 Å². The zero-order chi connectivity index (χ0) is 29.5. The molecule has 0 saturated carbocycles. The fourth-order valence-electron chi connectivity index (χ4n) is 1.71. The van der Waals surface area contributed by atoms with Crippen molar-refractivity contribution in [2.24, 2.45) is 0 Å². The summed E-state index contributed by atoms with van der Waals surface area (Å²) in [5.41, 5.74) is 0.323. The van der Waals surface area contributed by atoms with Gasteiger partial charge in [-0.05, 0) is 36.2 Å². The summed E-state index contributed by atoms with van der Waals surface area (Å²) < 4.78 is 49.9. The van der Waals surface area contributed by atoms with Crippen LogP contribution in [0.25, 0.3) is 0 Å². The van der Waals surface area contributed by atoms with Crippen LogP contribution in [-0.2, 0) is 26.5 Å². The summed E-state index contributed by atoms with van der Waals surface area (Å²) in [5.74, 6) is -2.26. The summed E-state index contributed by atoms with van der Waals surface area (Å²) in [4.78, 5) is 30.2. The molecule has 3 aromatic heterocycles. The van der Waals surface area contributed by atoms with Gasteiger partial charge in [-0.25, -0.2) is 27.0 Å². The number of carboxylic acids is 1. The van der Waals surface area contributed by atoms with E-state index in [0.717, 1.165) is 30.9 Å². The second-order valence-corrected chi connectivity index (χ2v) is 8.97. The number of carboxylic acid groups (broad SMARTS) is 1. The molecule has 0 unspecified atom stereocenters. The molecule has 17 heteroatoms. The first-order chi connectivity index (χ1) is 17.9. The van der Waals surface area contributed by atoms with Crippen molar-refractivity contribution in [1.82, 2.24) is 15.0 Å². The molecule has 0 aliphatic rings. The molecule has 3 heterocycles. The number of carbonyl (C=O) groups excluding carboxylic acids is 1. The third kappa shape index (κ3) is 23.8. The molecule has 0 radical (unpaired) electrons. The maximum absolute atomic E-state index is 12.2. The van der Waals surface area contributed by atoms with E-state index in [0.29, 0.717) is 23.6 Å². The summed E-state index contributed by atoms with van der Waals surface area (Å²) in [5, 5.41) is 16.8. The minimum atomic E-state index is -1.67. The number of hydrogen-bond acceptors (Lipinski definition) is 8. The lowest BCUT2D eigenvalue weighted by Gasteiger charge is -1.91. The lowest BCUT2D eigenvalue weighted by molar-refractivity contribution is 0.0695. The Kier molecular flexibility index (Phi) is 23.3. The van der Waals surface area contributed by atoms with Crippen LogP contribution in [0.4, 0.5) is 18.0 Å². The number of nitrogens with zero attached hydrogens (tertiary/aromatic N) is 3. The Balaban J connectivity index is 0. The number of ether oxygens (including phenoxy) is 1. The first-order valence-corrected chi connectivity index (χ1v) is 13.3. The van der Waals surface area contributed by atoms with E-state index in [9.17, 15) is 22.8 Å². The van der Waals surface area contributed by atoms with Crippen LogP contribution in [-0.4, -0.2) is 47.4 Å². The average Bonchev–Trinajstić information content (AvgIpc) is 2.85. The van der Waals surface area contributed by atoms with E-state index in [2.05, 4.69) is 41.1 Å². The van der Waals surface area contributed by atoms with E-state index in [4.69, 9.17) is 37.6 Å². The van der Waals surface area contributed by atoms with Gasteiger partial charge in [0.2, 0.25) is 9.23 Å². The van der Waals surface area contributed by atoms with Gasteiger partial charge in [-0.2, -0.15) is 0 Å². The predicted octanol–water partition coefficient (Wildman–Crippen LogP) is 6.02. The van der Waals surface area contributed by atoms with E-state index < -0.39 is 32.3 Å². The van der Waals surface area contributed by atoms with Gasteiger partial charge in [0.05, 0.1) is 37.4 Å². The second kappa shape index (κ2) is 23.6. The molecular weight excluding hydrogens is 621 g/mol. The summed E-state index contributed by atoms with van der Waals surface area (Å²) in [7, 11) is 7.36. The van der Waals surface area contributed by atoms with Crippen molar-refractivity contribution >= 4 is 65.2 Å². The van der Waals surface area contributed by atoms with Gasteiger partial charge >= 0.3 is 11.4 Å². The molecule has 0 aliphatic carbocycles. The summed E-state index contributed by atoms with van der Waals surface area (Å²) in [6, 6.07) is 3.52. The van der Waals surface area contributed by atoms with Crippen molar-refractivity contribution in [3.8, 4) is 0 Å². The lowest BCUT2D eigenvalue weighted by Crippen LogP contribution is -1.97. The standard InChI is InChI=1S/C6H5ClFN.C6H4FNO2.C6H6FNO.C3H5ClO2.Cl2OS/c7-2-5-1-6(8)4-9-3-5;7-5-1-4(6(9)10)2-8-3-5;7-6-1-5(4-9)2-8-3-6;1-2-6-3(4)5;1-4(2)3/h1,3-4H,2H2;1-3H,(H,9,10);1-3,9H,4H2;2H2,1H3;. The Morgan fingerprint density at radius 1 is 0.895 bits per heavy atom. The van der Waals surface area contributed by atoms with Crippen LogP contribution in [0.1, 0.15) is 28.4 Å². The van der Waals surface area contributed by atoms with E-state index >= 15 is 0 Å². The van der Waals surface area contributed by atoms with Crippen LogP contribution >= 0.6 is 44.6 Å². The van der Waals surface area contributed by atoms with Crippen LogP contribution < -0.4 is 0 Å². The Morgan fingerprint density at radius 2 is 1.32 bits per heavy atom. The minimum absolute atomic E-state index is 0.139. The maximum atomic E-state index is 12.2. The van der Waals surface area contributed by atoms with Gasteiger partial charge in [-0.3, -0.25) is 15.0 Å². The molecule has 0 aliphatic heterocycles. The zero-order valence-electron chi connectivity index (χ0n) is 19.2. The smallest absolute Gasteiger partial charge is 0.403 e. The van der Waals surface area contributed by atoms with Crippen molar-refractivity contribution in [2.45, 2.75) is 19.4 Å². The molecule has 3 aromatic rings. The van der Waals surface area contributed by atoms with Crippen molar-refractivity contribution in [2.75, 3.05) is 6.61 Å². The largest absolute Gasteiger partial charge is 0.478 e. The van der Waals surface area contributed by atoms with Crippen molar-refractivity contribution in [3.05, 3.63) is 89.5 Å². The molecule has 0 bridgehead atoms. The fraction of sp³-hybridized carbons (Fsp3) is 0.190. The number of aromatic carboxylic acids is 1. The highest BCUT2D eigenvalue weighted by Crippen LogP contribution is 2.03. The van der Waals surface area contributed by atoms with Gasteiger partial charge in [0.15, 0.2) is 0 Å². The van der Waals surface area contributed by atoms with E-state index in [1.54, 1.807) is 6.92 Å². The number of halogens is 7. The molecule has 0 saturated heterocycles. The summed E-state index contributed by atoms with van der Waals surface area (Å²) in [6.07, 6.45) is 7.24. The highest BCUT2D eigenvalue weighted by Gasteiger charge is 2.02. The number of aromatic nitrogens is 3. The van der Waals surface area contributed by atoms with Gasteiger partial charge in [0, 0.05) is 57.4 Å². The van der Waals surface area contributed by atoms with Gasteiger partial charge in [-0.1, -0.05) is 0 Å². The van der Waals surface area contributed by atoms with Crippen LogP contribution in [0.15, 0.2) is 55.4 Å². The van der Waals surface area contributed by atoms with Gasteiger partial charge in [0.25, 0.3) is 0 Å². The van der Waals surface area contributed by atoms with Crippen LogP contribution in [0.5, 0.6) is 0 Å². The molecule has 210 valence electrons. The minimum Gasteiger partial charge on any atom is -0.478 e. The zero-order valence-corrected chi connectivity index (χ0v) is 23.1. The topological polar surface area (TPSA) is 140 Å². The van der Waals surface area contributed by atoms with E-state index in [1.165, 1.54) is 24.5 Å². The van der Waals surface area contributed by atoms with E-state index in [1.807, 2.05) is 0 Å². The van der Waals surface area contributed by atoms with Crippen molar-refractivity contribution < 1.29 is 41.9 Å². The lowest BCUT2D eigenvalue weighted by atomic mass is 10.3. The first-order valence-electron chi connectivity index (χ1n) is 9.62. The number of aliphatic hydroxyl groups excluding tert-OH is 1. The Bertz CT molecular complexity index is 1090. The maximum Gasteiger partial charge on any atom is 0.403 e. The van der Waals surface area contributed by atoms with Crippen LogP contribution in [0, 0.1) is 17.5 Å². The van der Waals surface area contributed by atoms with Gasteiger partial charge in [-0.15, -0.1) is 11.6 Å². The molecule has 9 nitrogen and oxygen atoms in total. The molecule has 0 amide bonds. The normalized spacial score (nSPS) is 9.11. The number of aliphatic hydroxyl groups is 1. The molecule has 0 spiro atoms. The number of rotatable bonds is 4. The van der Waals surface area contributed by atoms with Crippen molar-refractivity contribution in [1.29, 1.82) is 0 Å². The third-order valence-corrected chi connectivity index (χ3v) is 3.49. The SMILES string of the molecule is CCOC(=O)Cl.Fc1cncc(CCl)c1.O=C(O)c1cncc(F)c1.O=S(Cl)Cl.OCc1cncc(F)c1. The molecular formula is C21H20Cl4F3N3O6S. The predicted molar refractivity (Wildman–Crippen MR) is 138 cm³/mol. The quantitative estimate of drug-likeness (QED) is 0.259. The second-order valence-electron chi connectivity index (χ2n) is 5.87. The molecule has 3 rings (SSSR count). The third-order valence-electron chi connectivity index (χ3n) is 3.07. The average molecular weight is 641 g/mol. The van der Waals surface area contributed by atoms with Gasteiger partial charge < -0.3 is 14.9 Å². The Morgan fingerprint density at radius 3 is 1.55 bits per heavy atom. The number of hydrogen-bond donors (Lipinski definition) is 2. The summed E-state index contributed by atoms with van der Waals surface area (Å²) >= 11 is 10.1. The molecule has 38 heavy (non-hydrogen) atoms. The first kappa shape index (κ1) is 37.6. The van der Waals surface area contributed by atoms with Crippen molar-refractivity contribution in [3.63, 3.8) is 0 Å². The molecule has 0 atom stereocenters. The number of alkyl halides is 1. The summed E-state index contributed by atoms with van der Waals surface area (Å²) in [6.45, 7) is 1.88. The molecule has 0 aromatic carbocycles.